The van der Waals surface area contributed by atoms with Crippen molar-refractivity contribution in [1.29, 1.82) is 5.26 Å². The van der Waals surface area contributed by atoms with E-state index in [9.17, 15) is 4.89 Å². The number of nitriles is 1. The molecule has 0 radical (unpaired) electrons. The predicted molar refractivity (Wildman–Crippen MR) is 55.3 cm³/mol. The average molecular weight is 200 g/mol. The Morgan fingerprint density at radius 3 is 2.15 bits per heavy atom. The summed E-state index contributed by atoms with van der Waals surface area (Å²) in [5.74, 6) is 1.58. The van der Waals surface area contributed by atoms with Gasteiger partial charge < -0.3 is 4.89 Å². The molecule has 0 aromatic carbocycles. The number of hydrogen-bond acceptors (Lipinski definition) is 3. The van der Waals surface area contributed by atoms with E-state index in [-0.39, 0.29) is 18.5 Å². The van der Waals surface area contributed by atoms with Gasteiger partial charge in [0.25, 0.3) is 0 Å². The molecule has 0 saturated heterocycles. The van der Waals surface area contributed by atoms with Gasteiger partial charge in [-0.05, 0) is 27.7 Å². The lowest BCUT2D eigenvalue weighted by molar-refractivity contribution is -0.165. The molecule has 0 bridgehead atoms. The minimum absolute atomic E-state index is 0.249. The van der Waals surface area contributed by atoms with Crippen LogP contribution in [-0.4, -0.2) is 22.6 Å². The average Bonchev–Trinajstić information content (AvgIpc) is 1.99. The van der Waals surface area contributed by atoms with Crippen LogP contribution in [0.25, 0.3) is 0 Å². The summed E-state index contributed by atoms with van der Waals surface area (Å²) in [5.41, 5.74) is 0. The van der Waals surface area contributed by atoms with Crippen molar-refractivity contribution in [3.8, 4) is 6.07 Å². The van der Waals surface area contributed by atoms with Gasteiger partial charge in [0, 0.05) is 12.1 Å². The summed E-state index contributed by atoms with van der Waals surface area (Å²) in [7, 11) is -1.49. The van der Waals surface area contributed by atoms with E-state index < -0.39 is 7.92 Å². The maximum Gasteiger partial charge on any atom is 0.144 e. The molecule has 0 aromatic heterocycles. The molecular weight excluding hydrogens is 183 g/mol. The van der Waals surface area contributed by atoms with E-state index in [1.807, 2.05) is 38.4 Å². The van der Waals surface area contributed by atoms with Crippen LogP contribution in [0.15, 0.2) is 0 Å². The Morgan fingerprint density at radius 1 is 1.38 bits per heavy atom. The van der Waals surface area contributed by atoms with Gasteiger partial charge in [0.15, 0.2) is 0 Å². The Bertz CT molecular complexity index is 210. The molecule has 74 valence electrons. The van der Waals surface area contributed by atoms with Crippen molar-refractivity contribution in [3.05, 3.63) is 0 Å². The zero-order chi connectivity index (χ0) is 10.4. The third-order valence-electron chi connectivity index (χ3n) is 1.62. The van der Waals surface area contributed by atoms with Crippen molar-refractivity contribution < 1.29 is 4.89 Å². The van der Waals surface area contributed by atoms with Crippen LogP contribution >= 0.6 is 7.92 Å². The summed E-state index contributed by atoms with van der Waals surface area (Å²) in [4.78, 5) is 11.7. The molecule has 0 aromatic rings. The molecule has 0 spiro atoms. The second-order valence-corrected chi connectivity index (χ2v) is 4.85. The lowest BCUT2D eigenvalue weighted by Crippen LogP contribution is -2.33. The molecule has 0 amide bonds. The zero-order valence-corrected chi connectivity index (χ0v) is 9.58. The fourth-order valence-electron chi connectivity index (χ4n) is 1.26. The lowest BCUT2D eigenvalue weighted by Gasteiger charge is -2.24. The van der Waals surface area contributed by atoms with E-state index in [1.54, 1.807) is 5.80 Å². The Hall–Kier alpha value is -0.420. The fraction of sp³-hybridized carbons (Fsp3) is 0.778. The monoisotopic (exact) mass is 200 g/mol. The summed E-state index contributed by atoms with van der Waals surface area (Å²) in [6, 6.07) is 2.46. The minimum Gasteiger partial charge on any atom is -0.614 e. The smallest absolute Gasteiger partial charge is 0.144 e. The van der Waals surface area contributed by atoms with Gasteiger partial charge in [-0.15, -0.1) is 4.67 Å². The first-order valence-electron chi connectivity index (χ1n) is 4.45. The van der Waals surface area contributed by atoms with Crippen molar-refractivity contribution in [2.45, 2.75) is 46.2 Å². The molecular formula is C9H17N2OP. The summed E-state index contributed by atoms with van der Waals surface area (Å²) in [6.45, 7) is 8.03. The predicted octanol–water partition coefficient (Wildman–Crippen LogP) is 1.49. The van der Waals surface area contributed by atoms with Crippen LogP contribution in [0.4, 0.5) is 0 Å². The molecule has 0 aliphatic heterocycles. The highest BCUT2D eigenvalue weighted by molar-refractivity contribution is 7.47. The van der Waals surface area contributed by atoms with Gasteiger partial charge >= 0.3 is 0 Å². The third-order valence-corrected chi connectivity index (χ3v) is 3.50. The van der Waals surface area contributed by atoms with E-state index in [4.69, 9.17) is 5.26 Å². The molecule has 0 N–H and O–H groups in total. The first-order chi connectivity index (χ1) is 6.00. The van der Waals surface area contributed by atoms with Crippen LogP contribution in [0, 0.1) is 11.3 Å². The topological polar surface area (TPSA) is 50.1 Å². The summed E-state index contributed by atoms with van der Waals surface area (Å²) < 4.78 is 1.91. The van der Waals surface area contributed by atoms with E-state index in [2.05, 4.69) is 0 Å². The van der Waals surface area contributed by atoms with E-state index >= 15 is 0 Å². The highest BCUT2D eigenvalue weighted by Crippen LogP contribution is 2.24. The maximum absolute atomic E-state index is 11.7. The van der Waals surface area contributed by atoms with Gasteiger partial charge in [-0.2, -0.15) is 5.26 Å². The van der Waals surface area contributed by atoms with Crippen LogP contribution in [0.2, 0.25) is 0 Å². The fourth-order valence-corrected chi connectivity index (χ4v) is 2.60. The summed E-state index contributed by atoms with van der Waals surface area (Å²) >= 11 is 0. The van der Waals surface area contributed by atoms with Crippen molar-refractivity contribution in [3.63, 3.8) is 0 Å². The first kappa shape index (κ1) is 12.6. The highest BCUT2D eigenvalue weighted by atomic mass is 31.1. The second-order valence-electron chi connectivity index (χ2n) is 3.41. The molecule has 0 aliphatic rings. The Kier molecular flexibility index (Phi) is 5.90. The van der Waals surface area contributed by atoms with Crippen LogP contribution in [0.5, 0.6) is 0 Å². The first-order valence-corrected chi connectivity index (χ1v) is 5.73. The quantitative estimate of drug-likeness (QED) is 0.646. The normalized spacial score (nSPS) is 12.7. The summed E-state index contributed by atoms with van der Waals surface area (Å²) in [5, 5.41) is 8.35. The second kappa shape index (κ2) is 6.10. The highest BCUT2D eigenvalue weighted by Gasteiger charge is 2.20. The Morgan fingerprint density at radius 2 is 1.85 bits per heavy atom. The molecule has 4 heteroatoms. The van der Waals surface area contributed by atoms with Gasteiger partial charge in [0.1, 0.15) is 13.7 Å². The third kappa shape index (κ3) is 4.38. The van der Waals surface area contributed by atoms with E-state index in [1.165, 1.54) is 0 Å². The van der Waals surface area contributed by atoms with Crippen LogP contribution in [0.1, 0.15) is 34.1 Å². The van der Waals surface area contributed by atoms with Crippen LogP contribution in [0.3, 0.4) is 0 Å². The SMILES string of the molecule is CC(C)N(C(C)C)/[P+]([O-])=C/CC#N. The van der Waals surface area contributed by atoms with Crippen molar-refractivity contribution in [2.75, 3.05) is 0 Å². The van der Waals surface area contributed by atoms with Crippen LogP contribution < -0.4 is 4.89 Å². The molecule has 0 aliphatic carbocycles. The van der Waals surface area contributed by atoms with Gasteiger partial charge in [0.05, 0.1) is 12.5 Å². The van der Waals surface area contributed by atoms with Crippen molar-refractivity contribution >= 4 is 13.7 Å². The van der Waals surface area contributed by atoms with Gasteiger partial charge in [-0.1, -0.05) is 0 Å². The number of nitrogens with zero attached hydrogens (tertiary/aromatic N) is 2. The molecule has 1 unspecified atom stereocenters. The molecule has 0 fully saturated rings. The molecule has 1 atom stereocenters. The molecule has 3 nitrogen and oxygen atoms in total. The molecule has 0 saturated carbocycles. The summed E-state index contributed by atoms with van der Waals surface area (Å²) in [6.07, 6.45) is 0.255. The van der Waals surface area contributed by atoms with Crippen molar-refractivity contribution in [2.24, 2.45) is 0 Å². The van der Waals surface area contributed by atoms with Crippen LogP contribution in [-0.2, 0) is 0 Å². The largest absolute Gasteiger partial charge is 0.614 e. The lowest BCUT2D eigenvalue weighted by atomic mass is 10.3. The molecule has 13 heavy (non-hydrogen) atoms. The minimum atomic E-state index is -1.49. The van der Waals surface area contributed by atoms with E-state index in [0.717, 1.165) is 0 Å². The van der Waals surface area contributed by atoms with Gasteiger partial charge in [-0.25, -0.2) is 0 Å². The number of rotatable bonds is 4. The van der Waals surface area contributed by atoms with Crippen molar-refractivity contribution in [1.82, 2.24) is 4.67 Å². The van der Waals surface area contributed by atoms with Gasteiger partial charge in [0.2, 0.25) is 0 Å². The standard InChI is InChI=1S/C9H17N2OP/c1-8(2)11(9(3)4)13(12)7-5-6-10/h7-9H,5H2,1-4H3. The molecule has 0 rings (SSSR count). The Balaban J connectivity index is 4.47. The zero-order valence-electron chi connectivity index (χ0n) is 8.69. The number of hydrogen-bond donors (Lipinski definition) is 0. The molecule has 0 heterocycles. The Labute approximate surface area is 81.5 Å². The van der Waals surface area contributed by atoms with Gasteiger partial charge in [-0.3, -0.25) is 0 Å². The maximum atomic E-state index is 11.7. The van der Waals surface area contributed by atoms with E-state index in [0.29, 0.717) is 0 Å².